The van der Waals surface area contributed by atoms with Gasteiger partial charge in [0.2, 0.25) is 0 Å². The summed E-state index contributed by atoms with van der Waals surface area (Å²) in [5, 5.41) is 12.6. The second kappa shape index (κ2) is 14.7. The van der Waals surface area contributed by atoms with Crippen molar-refractivity contribution in [3.05, 3.63) is 23.8 Å². The van der Waals surface area contributed by atoms with Gasteiger partial charge in [0, 0.05) is 13.0 Å². The maximum absolute atomic E-state index is 12.3. The molecule has 0 bridgehead atoms. The average molecular weight is 554 g/mol. The Hall–Kier alpha value is -3.34. The summed E-state index contributed by atoms with van der Waals surface area (Å²) < 4.78 is 26.2. The number of hydrogen-bond donors (Lipinski definition) is 2. The fourth-order valence-corrected chi connectivity index (χ4v) is 3.09. The number of hydrogen-bond acceptors (Lipinski definition) is 10. The van der Waals surface area contributed by atoms with E-state index in [4.69, 9.17) is 23.7 Å². The Morgan fingerprint density at radius 3 is 1.90 bits per heavy atom. The van der Waals surface area contributed by atoms with E-state index in [0.717, 1.165) is 0 Å². The minimum Gasteiger partial charge on any atom is -0.480 e. The number of carbonyl (C=O) groups excluding carboxylic acids is 3. The van der Waals surface area contributed by atoms with Crippen molar-refractivity contribution in [3.63, 3.8) is 0 Å². The molecular formula is C28H43NO10. The maximum atomic E-state index is 12.3. The zero-order valence-electron chi connectivity index (χ0n) is 24.4. The second-order valence-corrected chi connectivity index (χ2v) is 11.7. The van der Waals surface area contributed by atoms with Gasteiger partial charge in [-0.25, -0.2) is 9.59 Å². The minimum absolute atomic E-state index is 0.0131. The largest absolute Gasteiger partial charge is 0.514 e. The number of nitrogens with one attached hydrogen (secondary N) is 1. The van der Waals surface area contributed by atoms with Crippen LogP contribution in [-0.2, 0) is 30.2 Å². The van der Waals surface area contributed by atoms with E-state index in [1.807, 2.05) is 13.8 Å². The molecule has 0 aliphatic heterocycles. The predicted octanol–water partition coefficient (Wildman–Crippen LogP) is 5.27. The first-order valence-electron chi connectivity index (χ1n) is 12.9. The van der Waals surface area contributed by atoms with Gasteiger partial charge in [0.25, 0.3) is 0 Å². The van der Waals surface area contributed by atoms with Crippen molar-refractivity contribution in [2.75, 3.05) is 6.54 Å². The molecule has 220 valence electrons. The average Bonchev–Trinajstić information content (AvgIpc) is 2.74. The van der Waals surface area contributed by atoms with Gasteiger partial charge in [-0.3, -0.25) is 9.59 Å². The normalized spacial score (nSPS) is 13.3. The van der Waals surface area contributed by atoms with Crippen LogP contribution in [0.5, 0.6) is 11.5 Å². The number of esters is 1. The van der Waals surface area contributed by atoms with Crippen molar-refractivity contribution in [2.24, 2.45) is 5.92 Å². The van der Waals surface area contributed by atoms with Crippen LogP contribution in [0.4, 0.5) is 9.59 Å². The van der Waals surface area contributed by atoms with Crippen LogP contribution in [0, 0.1) is 5.92 Å². The number of aliphatic carboxylic acids is 1. The Kier molecular flexibility index (Phi) is 12.7. The van der Waals surface area contributed by atoms with Crippen molar-refractivity contribution >= 4 is 24.2 Å². The third kappa shape index (κ3) is 15.0. The molecule has 1 rings (SSSR count). The third-order valence-corrected chi connectivity index (χ3v) is 4.82. The molecule has 39 heavy (non-hydrogen) atoms. The fraction of sp³-hybridized carbons (Fsp3) is 0.643. The van der Waals surface area contributed by atoms with Crippen LogP contribution in [-0.4, -0.2) is 59.2 Å². The summed E-state index contributed by atoms with van der Waals surface area (Å²) >= 11 is 0. The zero-order chi connectivity index (χ0) is 30.0. The highest BCUT2D eigenvalue weighted by Gasteiger charge is 2.25. The molecule has 0 saturated heterocycles. The molecule has 0 aromatic heterocycles. The number of ether oxygens (including phenoxy) is 5. The van der Waals surface area contributed by atoms with Gasteiger partial charge in [0.15, 0.2) is 11.5 Å². The molecule has 1 aromatic carbocycles. The van der Waals surface area contributed by atoms with Crippen molar-refractivity contribution in [3.8, 4) is 11.5 Å². The highest BCUT2D eigenvalue weighted by molar-refractivity contribution is 5.74. The number of benzene rings is 1. The monoisotopic (exact) mass is 553 g/mol. The lowest BCUT2D eigenvalue weighted by atomic mass is 10.0. The van der Waals surface area contributed by atoms with Crippen molar-refractivity contribution in [1.82, 2.24) is 5.32 Å². The number of carboxylic acid groups (broad SMARTS) is 1. The topological polar surface area (TPSA) is 147 Å². The SMILES string of the molecule is CC(C)CCC(=O)OC(C)CN[C@@H](Cc1ccc(OC(=O)OC(C)(C)C)c(OC(=O)OC(C)(C)C)c1)C(=O)O. The second-order valence-electron chi connectivity index (χ2n) is 11.7. The Balaban J connectivity index is 3.02. The molecule has 2 atom stereocenters. The van der Waals surface area contributed by atoms with Gasteiger partial charge in [0.1, 0.15) is 23.3 Å². The summed E-state index contributed by atoms with van der Waals surface area (Å²) in [6.45, 7) is 15.8. The number of rotatable bonds is 12. The Morgan fingerprint density at radius 2 is 1.41 bits per heavy atom. The quantitative estimate of drug-likeness (QED) is 0.198. The van der Waals surface area contributed by atoms with E-state index in [2.05, 4.69) is 5.32 Å². The molecule has 0 aliphatic rings. The molecule has 2 N–H and O–H groups in total. The third-order valence-electron chi connectivity index (χ3n) is 4.82. The lowest BCUT2D eigenvalue weighted by Crippen LogP contribution is -2.42. The molecule has 0 amide bonds. The summed E-state index contributed by atoms with van der Waals surface area (Å²) in [6.07, 6.45) is -1.59. The van der Waals surface area contributed by atoms with Crippen LogP contribution in [0.2, 0.25) is 0 Å². The fourth-order valence-electron chi connectivity index (χ4n) is 3.09. The van der Waals surface area contributed by atoms with E-state index in [0.29, 0.717) is 24.3 Å². The van der Waals surface area contributed by atoms with E-state index in [-0.39, 0.29) is 30.4 Å². The maximum Gasteiger partial charge on any atom is 0.514 e. The van der Waals surface area contributed by atoms with Crippen molar-refractivity contribution in [1.29, 1.82) is 0 Å². The van der Waals surface area contributed by atoms with Gasteiger partial charge >= 0.3 is 24.2 Å². The summed E-state index contributed by atoms with van der Waals surface area (Å²) in [5.74, 6) is -1.36. The van der Waals surface area contributed by atoms with Crippen LogP contribution >= 0.6 is 0 Å². The molecule has 0 saturated carbocycles. The van der Waals surface area contributed by atoms with E-state index < -0.39 is 41.6 Å². The highest BCUT2D eigenvalue weighted by atomic mass is 16.8. The molecule has 1 unspecified atom stereocenters. The van der Waals surface area contributed by atoms with E-state index in [9.17, 15) is 24.3 Å². The zero-order valence-corrected chi connectivity index (χ0v) is 24.4. The van der Waals surface area contributed by atoms with Crippen LogP contribution in [0.3, 0.4) is 0 Å². The van der Waals surface area contributed by atoms with E-state index >= 15 is 0 Å². The summed E-state index contributed by atoms with van der Waals surface area (Å²) in [7, 11) is 0. The Labute approximate surface area is 230 Å². The van der Waals surface area contributed by atoms with Crippen LogP contribution in [0.1, 0.15) is 80.7 Å². The number of carboxylic acids is 1. The molecule has 11 heteroatoms. The molecule has 1 aromatic rings. The van der Waals surface area contributed by atoms with Crippen molar-refractivity contribution in [2.45, 2.75) is 105 Å². The Morgan fingerprint density at radius 1 is 0.872 bits per heavy atom. The highest BCUT2D eigenvalue weighted by Crippen LogP contribution is 2.31. The van der Waals surface area contributed by atoms with Gasteiger partial charge < -0.3 is 34.1 Å². The first-order valence-corrected chi connectivity index (χ1v) is 12.9. The molecule has 0 spiro atoms. The van der Waals surface area contributed by atoms with E-state index in [1.54, 1.807) is 48.5 Å². The van der Waals surface area contributed by atoms with Crippen molar-refractivity contribution < 1.29 is 48.0 Å². The molecule has 0 heterocycles. The Bertz CT molecular complexity index is 991. The first-order chi connectivity index (χ1) is 17.8. The lowest BCUT2D eigenvalue weighted by Gasteiger charge is -2.21. The van der Waals surface area contributed by atoms with Crippen LogP contribution in [0.15, 0.2) is 18.2 Å². The van der Waals surface area contributed by atoms with Crippen LogP contribution < -0.4 is 14.8 Å². The summed E-state index contributed by atoms with van der Waals surface area (Å²) in [6, 6.07) is 3.25. The van der Waals surface area contributed by atoms with E-state index in [1.165, 1.54) is 18.2 Å². The molecule has 0 aliphatic carbocycles. The molecule has 11 nitrogen and oxygen atoms in total. The smallest absolute Gasteiger partial charge is 0.480 e. The van der Waals surface area contributed by atoms with Gasteiger partial charge in [-0.1, -0.05) is 19.9 Å². The predicted molar refractivity (Wildman–Crippen MR) is 143 cm³/mol. The lowest BCUT2D eigenvalue weighted by molar-refractivity contribution is -0.148. The van der Waals surface area contributed by atoms with Crippen LogP contribution in [0.25, 0.3) is 0 Å². The first kappa shape index (κ1) is 33.7. The standard InChI is InChI=1S/C28H43NO10/c1-17(2)10-13-23(30)35-18(3)16-29-20(24(31)32)14-19-11-12-21(36-25(33)38-27(4,5)6)22(15-19)37-26(34)39-28(7,8)9/h11-12,15,17-18,20,29H,10,13-14,16H2,1-9H3,(H,31,32)/t18?,20-/m0/s1. The van der Waals surface area contributed by atoms with Gasteiger partial charge in [-0.05, 0) is 84.9 Å². The summed E-state index contributed by atoms with van der Waals surface area (Å²) in [5.41, 5.74) is -1.19. The van der Waals surface area contributed by atoms with Gasteiger partial charge in [-0.2, -0.15) is 0 Å². The molecular weight excluding hydrogens is 510 g/mol. The molecule has 0 radical (unpaired) electrons. The summed E-state index contributed by atoms with van der Waals surface area (Å²) in [4.78, 5) is 48.4. The molecule has 0 fully saturated rings. The minimum atomic E-state index is -1.13. The number of carbonyl (C=O) groups is 4. The van der Waals surface area contributed by atoms with Gasteiger partial charge in [-0.15, -0.1) is 0 Å². The van der Waals surface area contributed by atoms with Gasteiger partial charge in [0.05, 0.1) is 0 Å².